The normalized spacial score (nSPS) is 11.2. The molecule has 0 fully saturated rings. The minimum Gasteiger partial charge on any atom is -0.246 e. The highest BCUT2D eigenvalue weighted by Gasteiger charge is 2.17. The molecule has 0 amide bonds. The van der Waals surface area contributed by atoms with Crippen molar-refractivity contribution in [2.75, 3.05) is 0 Å². The molecule has 3 rings (SSSR count). The Morgan fingerprint density at radius 3 is 2.50 bits per heavy atom. The third-order valence-corrected chi connectivity index (χ3v) is 4.47. The number of halogens is 3. The Hall–Kier alpha value is -1.30. The van der Waals surface area contributed by atoms with E-state index in [2.05, 4.69) is 15.0 Å². The van der Waals surface area contributed by atoms with Gasteiger partial charge >= 0.3 is 0 Å². The van der Waals surface area contributed by atoms with E-state index in [0.717, 1.165) is 15.6 Å². The predicted molar refractivity (Wildman–Crippen MR) is 80.1 cm³/mol. The second-order valence-corrected chi connectivity index (χ2v) is 6.21. The Labute approximate surface area is 128 Å². The van der Waals surface area contributed by atoms with Crippen molar-refractivity contribution < 1.29 is 4.39 Å². The van der Waals surface area contributed by atoms with Gasteiger partial charge in [0.15, 0.2) is 5.82 Å². The van der Waals surface area contributed by atoms with Gasteiger partial charge in [-0.1, -0.05) is 23.2 Å². The van der Waals surface area contributed by atoms with Crippen LogP contribution in [0.1, 0.15) is 10.7 Å². The van der Waals surface area contributed by atoms with E-state index in [9.17, 15) is 4.39 Å². The van der Waals surface area contributed by atoms with E-state index >= 15 is 0 Å². The third kappa shape index (κ3) is 2.16. The highest BCUT2D eigenvalue weighted by molar-refractivity contribution is 7.15. The summed E-state index contributed by atoms with van der Waals surface area (Å²) in [5.74, 6) is -0.111. The second kappa shape index (κ2) is 4.91. The molecule has 0 aliphatic rings. The van der Waals surface area contributed by atoms with Crippen molar-refractivity contribution in [3.63, 3.8) is 0 Å². The van der Waals surface area contributed by atoms with E-state index in [1.54, 1.807) is 0 Å². The van der Waals surface area contributed by atoms with Crippen LogP contribution in [0.25, 0.3) is 21.6 Å². The highest BCUT2D eigenvalue weighted by Crippen LogP contribution is 2.34. The fraction of sp³-hybridized carbons (Fsp3) is 0.154. The summed E-state index contributed by atoms with van der Waals surface area (Å²) < 4.78 is 13.9. The average molecular weight is 328 g/mol. The number of aryl methyl sites for hydroxylation is 2. The van der Waals surface area contributed by atoms with Gasteiger partial charge in [-0.25, -0.2) is 19.3 Å². The Kier molecular flexibility index (Phi) is 3.36. The summed E-state index contributed by atoms with van der Waals surface area (Å²) >= 11 is 13.6. The molecule has 0 spiro atoms. The summed E-state index contributed by atoms with van der Waals surface area (Å²) in [6.07, 6.45) is 0. The fourth-order valence-corrected chi connectivity index (χ4v) is 3.38. The van der Waals surface area contributed by atoms with E-state index < -0.39 is 5.82 Å². The van der Waals surface area contributed by atoms with Crippen molar-refractivity contribution >= 4 is 45.4 Å². The maximum Gasteiger partial charge on any atom is 0.173 e. The number of fused-ring (bicyclic) bond motifs is 1. The van der Waals surface area contributed by atoms with Crippen LogP contribution in [-0.4, -0.2) is 15.0 Å². The number of hydrogen-bond donors (Lipinski definition) is 0. The molecule has 0 saturated heterocycles. The Morgan fingerprint density at radius 1 is 1.10 bits per heavy atom. The van der Waals surface area contributed by atoms with Gasteiger partial charge in [0.1, 0.15) is 16.5 Å². The monoisotopic (exact) mass is 327 g/mol. The van der Waals surface area contributed by atoms with Crippen molar-refractivity contribution in [1.29, 1.82) is 0 Å². The summed E-state index contributed by atoms with van der Waals surface area (Å²) in [5, 5.41) is 1.69. The zero-order chi connectivity index (χ0) is 14.4. The number of thiazole rings is 1. The van der Waals surface area contributed by atoms with Crippen LogP contribution in [0.5, 0.6) is 0 Å². The summed E-state index contributed by atoms with van der Waals surface area (Å²) in [7, 11) is 0. The molecule has 0 N–H and O–H groups in total. The molecule has 1 aromatic carbocycles. The first-order valence-electron chi connectivity index (χ1n) is 5.73. The van der Waals surface area contributed by atoms with Gasteiger partial charge in [-0.15, -0.1) is 11.3 Å². The van der Waals surface area contributed by atoms with Crippen molar-refractivity contribution in [1.82, 2.24) is 15.0 Å². The molecular formula is C13H8Cl2FN3S. The second-order valence-electron chi connectivity index (χ2n) is 4.24. The molecule has 0 aliphatic heterocycles. The lowest BCUT2D eigenvalue weighted by atomic mass is 10.2. The minimum atomic E-state index is -0.478. The van der Waals surface area contributed by atoms with Crippen LogP contribution >= 0.6 is 34.5 Å². The highest BCUT2D eigenvalue weighted by atomic mass is 35.5. The molecule has 0 saturated carbocycles. The number of nitrogens with zero attached hydrogens (tertiary/aromatic N) is 3. The molecule has 0 atom stereocenters. The molecule has 0 unspecified atom stereocenters. The van der Waals surface area contributed by atoms with Crippen LogP contribution in [-0.2, 0) is 0 Å². The molecule has 7 heteroatoms. The molecule has 0 radical (unpaired) electrons. The molecular weight excluding hydrogens is 320 g/mol. The van der Waals surface area contributed by atoms with Crippen LogP contribution in [0.15, 0.2) is 12.1 Å². The van der Waals surface area contributed by atoms with Gasteiger partial charge in [0.2, 0.25) is 0 Å². The van der Waals surface area contributed by atoms with Gasteiger partial charge in [0.05, 0.1) is 26.0 Å². The summed E-state index contributed by atoms with van der Waals surface area (Å²) in [5.41, 5.74) is 0.920. The van der Waals surface area contributed by atoms with Gasteiger partial charge < -0.3 is 0 Å². The molecule has 2 aromatic heterocycles. The SMILES string of the molecule is Cc1nc(C)c(-c2nc(Cl)c3c(Cl)ccc(F)c3n2)s1. The summed E-state index contributed by atoms with van der Waals surface area (Å²) in [6, 6.07) is 2.71. The Bertz CT molecular complexity index is 832. The first-order valence-corrected chi connectivity index (χ1v) is 7.30. The van der Waals surface area contributed by atoms with Crippen molar-refractivity contribution in [3.8, 4) is 10.7 Å². The first kappa shape index (κ1) is 13.7. The maximum atomic E-state index is 13.9. The third-order valence-electron chi connectivity index (χ3n) is 2.81. The van der Waals surface area contributed by atoms with Gasteiger partial charge in [-0.05, 0) is 26.0 Å². The number of hydrogen-bond acceptors (Lipinski definition) is 4. The number of rotatable bonds is 1. The molecule has 102 valence electrons. The molecule has 20 heavy (non-hydrogen) atoms. The minimum absolute atomic E-state index is 0.123. The van der Waals surface area contributed by atoms with Crippen LogP contribution in [0.3, 0.4) is 0 Å². The lowest BCUT2D eigenvalue weighted by Crippen LogP contribution is -1.94. The Morgan fingerprint density at radius 2 is 1.85 bits per heavy atom. The Balaban J connectivity index is 2.35. The molecule has 3 nitrogen and oxygen atoms in total. The lowest BCUT2D eigenvalue weighted by Gasteiger charge is -2.06. The maximum absolute atomic E-state index is 13.9. The van der Waals surface area contributed by atoms with Crippen LogP contribution < -0.4 is 0 Å². The van der Waals surface area contributed by atoms with E-state index in [1.165, 1.54) is 23.5 Å². The largest absolute Gasteiger partial charge is 0.246 e. The smallest absolute Gasteiger partial charge is 0.173 e. The van der Waals surface area contributed by atoms with E-state index in [-0.39, 0.29) is 10.7 Å². The van der Waals surface area contributed by atoms with E-state index in [4.69, 9.17) is 23.2 Å². The quantitative estimate of drug-likeness (QED) is 0.601. The first-order chi connectivity index (χ1) is 9.47. The number of aromatic nitrogens is 3. The zero-order valence-electron chi connectivity index (χ0n) is 10.5. The summed E-state index contributed by atoms with van der Waals surface area (Å²) in [6.45, 7) is 3.75. The topological polar surface area (TPSA) is 38.7 Å². The van der Waals surface area contributed by atoms with Gasteiger partial charge in [-0.3, -0.25) is 0 Å². The van der Waals surface area contributed by atoms with E-state index in [1.807, 2.05) is 13.8 Å². The number of benzene rings is 1. The molecule has 0 aliphatic carbocycles. The average Bonchev–Trinajstić information content (AvgIpc) is 2.72. The van der Waals surface area contributed by atoms with Crippen molar-refractivity contribution in [2.24, 2.45) is 0 Å². The van der Waals surface area contributed by atoms with Crippen LogP contribution in [0, 0.1) is 19.7 Å². The molecule has 3 aromatic rings. The predicted octanol–water partition coefficient (Wildman–Crippen LogP) is 4.82. The van der Waals surface area contributed by atoms with E-state index in [0.29, 0.717) is 16.2 Å². The van der Waals surface area contributed by atoms with Crippen LogP contribution in [0.4, 0.5) is 4.39 Å². The van der Waals surface area contributed by atoms with Gasteiger partial charge in [0.25, 0.3) is 0 Å². The molecule has 2 heterocycles. The van der Waals surface area contributed by atoms with Crippen molar-refractivity contribution in [3.05, 3.63) is 38.8 Å². The fourth-order valence-electron chi connectivity index (χ4n) is 1.97. The zero-order valence-corrected chi connectivity index (χ0v) is 12.9. The van der Waals surface area contributed by atoms with Crippen LogP contribution in [0.2, 0.25) is 10.2 Å². The molecule has 0 bridgehead atoms. The van der Waals surface area contributed by atoms with Gasteiger partial charge in [0, 0.05) is 0 Å². The summed E-state index contributed by atoms with van der Waals surface area (Å²) in [4.78, 5) is 13.6. The lowest BCUT2D eigenvalue weighted by molar-refractivity contribution is 0.636. The standard InChI is InChI=1S/C13H8Cl2FN3S/c1-5-11(20-6(2)17-5)13-18-10-8(16)4-3-7(14)9(10)12(15)19-13/h3-4H,1-2H3. The van der Waals surface area contributed by atoms with Crippen molar-refractivity contribution in [2.45, 2.75) is 13.8 Å². The van der Waals surface area contributed by atoms with Gasteiger partial charge in [-0.2, -0.15) is 0 Å².